The molecule has 0 radical (unpaired) electrons. The summed E-state index contributed by atoms with van der Waals surface area (Å²) in [5.41, 5.74) is 0.183. The normalized spacial score (nSPS) is 12.4. The number of hydrogen-bond donors (Lipinski definition) is 1. The van der Waals surface area contributed by atoms with Gasteiger partial charge in [-0.3, -0.25) is 4.90 Å². The zero-order valence-electron chi connectivity index (χ0n) is 10.4. The first-order valence-electron chi connectivity index (χ1n) is 5.54. The fraction of sp³-hybridized carbons (Fsp3) is 1.00. The fourth-order valence-electron chi connectivity index (χ4n) is 1.33. The fourth-order valence-corrected chi connectivity index (χ4v) is 1.33. The molecule has 0 aromatic heterocycles. The van der Waals surface area contributed by atoms with Gasteiger partial charge < -0.3 is 10.1 Å². The third-order valence-corrected chi connectivity index (χ3v) is 2.50. The smallest absolute Gasteiger partial charge is 0.0593 e. The van der Waals surface area contributed by atoms with E-state index in [4.69, 9.17) is 4.74 Å². The predicted molar refractivity (Wildman–Crippen MR) is 61.7 cm³/mol. The van der Waals surface area contributed by atoms with Crippen LogP contribution in [-0.4, -0.2) is 50.3 Å². The van der Waals surface area contributed by atoms with Gasteiger partial charge in [0.15, 0.2) is 0 Å². The third kappa shape index (κ3) is 6.35. The molecule has 0 spiro atoms. The Morgan fingerprint density at radius 1 is 1.29 bits per heavy atom. The molecule has 0 amide bonds. The molecule has 0 aromatic carbocycles. The Balaban J connectivity index is 3.78. The summed E-state index contributed by atoms with van der Waals surface area (Å²) in [5, 5.41) is 3.31. The number of hydrogen-bond acceptors (Lipinski definition) is 3. The third-order valence-electron chi connectivity index (χ3n) is 2.50. The van der Waals surface area contributed by atoms with Crippen molar-refractivity contribution in [3.05, 3.63) is 0 Å². The van der Waals surface area contributed by atoms with E-state index >= 15 is 0 Å². The minimum atomic E-state index is 0.183. The lowest BCUT2D eigenvalue weighted by Crippen LogP contribution is -2.48. The average Bonchev–Trinajstić information content (AvgIpc) is 2.16. The van der Waals surface area contributed by atoms with E-state index < -0.39 is 0 Å². The molecule has 1 N–H and O–H groups in total. The average molecular weight is 202 g/mol. The van der Waals surface area contributed by atoms with Crippen LogP contribution in [0, 0.1) is 0 Å². The lowest BCUT2D eigenvalue weighted by atomic mass is 10.1. The van der Waals surface area contributed by atoms with Crippen molar-refractivity contribution in [2.24, 2.45) is 0 Å². The maximum absolute atomic E-state index is 5.35. The van der Waals surface area contributed by atoms with Gasteiger partial charge >= 0.3 is 0 Å². The van der Waals surface area contributed by atoms with Crippen LogP contribution in [0.5, 0.6) is 0 Å². The SMILES string of the molecule is CCOCCN(CC)CC(C)(C)NC. The van der Waals surface area contributed by atoms with Crippen molar-refractivity contribution in [1.29, 1.82) is 0 Å². The molecular weight excluding hydrogens is 176 g/mol. The molecule has 0 unspecified atom stereocenters. The molecule has 0 atom stereocenters. The van der Waals surface area contributed by atoms with Gasteiger partial charge in [0.2, 0.25) is 0 Å². The van der Waals surface area contributed by atoms with Gasteiger partial charge in [-0.25, -0.2) is 0 Å². The summed E-state index contributed by atoms with van der Waals surface area (Å²) >= 11 is 0. The van der Waals surface area contributed by atoms with E-state index in [0.717, 1.165) is 32.8 Å². The van der Waals surface area contributed by atoms with E-state index in [0.29, 0.717) is 0 Å². The summed E-state index contributed by atoms with van der Waals surface area (Å²) in [6.07, 6.45) is 0. The molecule has 3 nitrogen and oxygen atoms in total. The molecule has 14 heavy (non-hydrogen) atoms. The standard InChI is InChI=1S/C11H26N2O/c1-6-13(8-9-14-7-2)10-11(3,4)12-5/h12H,6-10H2,1-5H3. The lowest BCUT2D eigenvalue weighted by Gasteiger charge is -2.31. The molecule has 0 saturated carbocycles. The van der Waals surface area contributed by atoms with E-state index in [2.05, 4.69) is 31.0 Å². The molecule has 0 aliphatic carbocycles. The number of ether oxygens (including phenoxy) is 1. The van der Waals surface area contributed by atoms with Crippen molar-refractivity contribution >= 4 is 0 Å². The van der Waals surface area contributed by atoms with Crippen LogP contribution in [0.25, 0.3) is 0 Å². The summed E-state index contributed by atoms with van der Waals surface area (Å²) in [4.78, 5) is 2.41. The van der Waals surface area contributed by atoms with Gasteiger partial charge in [-0.05, 0) is 34.4 Å². The molecule has 0 heterocycles. The molecule has 0 aromatic rings. The summed E-state index contributed by atoms with van der Waals surface area (Å²) in [6, 6.07) is 0. The van der Waals surface area contributed by atoms with Crippen LogP contribution in [0.15, 0.2) is 0 Å². The second-order valence-electron chi connectivity index (χ2n) is 4.20. The summed E-state index contributed by atoms with van der Waals surface area (Å²) in [7, 11) is 2.01. The van der Waals surface area contributed by atoms with E-state index in [-0.39, 0.29) is 5.54 Å². The van der Waals surface area contributed by atoms with Gasteiger partial charge in [-0.2, -0.15) is 0 Å². The quantitative estimate of drug-likeness (QED) is 0.601. The molecule has 86 valence electrons. The minimum Gasteiger partial charge on any atom is -0.380 e. The van der Waals surface area contributed by atoms with Crippen molar-refractivity contribution in [3.8, 4) is 0 Å². The van der Waals surface area contributed by atoms with Gasteiger partial charge in [-0.15, -0.1) is 0 Å². The van der Waals surface area contributed by atoms with Gasteiger partial charge in [0.25, 0.3) is 0 Å². The molecule has 0 aliphatic rings. The zero-order valence-corrected chi connectivity index (χ0v) is 10.4. The Morgan fingerprint density at radius 2 is 1.93 bits per heavy atom. The number of nitrogens with one attached hydrogen (secondary N) is 1. The van der Waals surface area contributed by atoms with Gasteiger partial charge in [-0.1, -0.05) is 6.92 Å². The summed E-state index contributed by atoms with van der Waals surface area (Å²) in [6.45, 7) is 13.5. The monoisotopic (exact) mass is 202 g/mol. The first kappa shape index (κ1) is 13.9. The van der Waals surface area contributed by atoms with Crippen LogP contribution in [0.2, 0.25) is 0 Å². The van der Waals surface area contributed by atoms with Crippen LogP contribution in [0.3, 0.4) is 0 Å². The highest BCUT2D eigenvalue weighted by atomic mass is 16.5. The Hall–Kier alpha value is -0.120. The summed E-state index contributed by atoms with van der Waals surface area (Å²) in [5.74, 6) is 0. The molecule has 0 fully saturated rings. The molecule has 3 heteroatoms. The van der Waals surface area contributed by atoms with Crippen LogP contribution < -0.4 is 5.32 Å². The minimum absolute atomic E-state index is 0.183. The highest BCUT2D eigenvalue weighted by Crippen LogP contribution is 2.04. The Bertz CT molecular complexity index is 137. The topological polar surface area (TPSA) is 24.5 Å². The molecule has 0 rings (SSSR count). The molecule has 0 saturated heterocycles. The maximum Gasteiger partial charge on any atom is 0.0593 e. The number of likely N-dealkylation sites (N-methyl/N-ethyl adjacent to an activating group) is 2. The van der Waals surface area contributed by atoms with Crippen molar-refractivity contribution in [1.82, 2.24) is 10.2 Å². The van der Waals surface area contributed by atoms with Gasteiger partial charge in [0, 0.05) is 25.2 Å². The van der Waals surface area contributed by atoms with Crippen molar-refractivity contribution in [2.45, 2.75) is 33.2 Å². The van der Waals surface area contributed by atoms with Gasteiger partial charge in [0.05, 0.1) is 6.61 Å². The van der Waals surface area contributed by atoms with Crippen molar-refractivity contribution in [2.75, 3.05) is 39.9 Å². The highest BCUT2D eigenvalue weighted by Gasteiger charge is 2.17. The Labute approximate surface area is 88.8 Å². The van der Waals surface area contributed by atoms with E-state index in [9.17, 15) is 0 Å². The first-order chi connectivity index (χ1) is 6.55. The highest BCUT2D eigenvalue weighted by molar-refractivity contribution is 4.79. The molecular formula is C11H26N2O. The lowest BCUT2D eigenvalue weighted by molar-refractivity contribution is 0.105. The van der Waals surface area contributed by atoms with E-state index in [1.165, 1.54) is 0 Å². The number of rotatable bonds is 8. The van der Waals surface area contributed by atoms with E-state index in [1.54, 1.807) is 0 Å². The van der Waals surface area contributed by atoms with Crippen LogP contribution >= 0.6 is 0 Å². The maximum atomic E-state index is 5.35. The predicted octanol–water partition coefficient (Wildman–Crippen LogP) is 1.34. The second-order valence-corrected chi connectivity index (χ2v) is 4.20. The Morgan fingerprint density at radius 3 is 2.36 bits per heavy atom. The van der Waals surface area contributed by atoms with E-state index in [1.807, 2.05) is 14.0 Å². The van der Waals surface area contributed by atoms with Crippen molar-refractivity contribution in [3.63, 3.8) is 0 Å². The van der Waals surface area contributed by atoms with Crippen LogP contribution in [-0.2, 0) is 4.74 Å². The van der Waals surface area contributed by atoms with Crippen molar-refractivity contribution < 1.29 is 4.74 Å². The van der Waals surface area contributed by atoms with Crippen LogP contribution in [0.1, 0.15) is 27.7 Å². The zero-order chi connectivity index (χ0) is 11.0. The molecule has 0 aliphatic heterocycles. The first-order valence-corrected chi connectivity index (χ1v) is 5.54. The second kappa shape index (κ2) is 7.21. The Kier molecular flexibility index (Phi) is 7.15. The van der Waals surface area contributed by atoms with Crippen LogP contribution in [0.4, 0.5) is 0 Å². The molecule has 0 bridgehead atoms. The van der Waals surface area contributed by atoms with Gasteiger partial charge in [0.1, 0.15) is 0 Å². The largest absolute Gasteiger partial charge is 0.380 e. The number of nitrogens with zero attached hydrogens (tertiary/aromatic N) is 1. The summed E-state index contributed by atoms with van der Waals surface area (Å²) < 4.78 is 5.35.